The predicted molar refractivity (Wildman–Crippen MR) is 127 cm³/mol. The summed E-state index contributed by atoms with van der Waals surface area (Å²) in [7, 11) is -0.401. The van der Waals surface area contributed by atoms with E-state index < -0.39 is 7.12 Å². The van der Waals surface area contributed by atoms with Gasteiger partial charge in [-0.25, -0.2) is 4.98 Å². The van der Waals surface area contributed by atoms with Crippen LogP contribution in [0.15, 0.2) is 41.1 Å². The van der Waals surface area contributed by atoms with Gasteiger partial charge in [0.25, 0.3) is 0 Å². The summed E-state index contributed by atoms with van der Waals surface area (Å²) in [6, 6.07) is 10.5. The number of benzene rings is 1. The van der Waals surface area contributed by atoms with Gasteiger partial charge in [-0.15, -0.1) is 0 Å². The fourth-order valence-corrected chi connectivity index (χ4v) is 3.69. The maximum Gasteiger partial charge on any atom is 0.494 e. The second kappa shape index (κ2) is 9.95. The average Bonchev–Trinajstić information content (AvgIpc) is 2.92. The van der Waals surface area contributed by atoms with Crippen molar-refractivity contribution in [3.05, 3.63) is 46.7 Å². The van der Waals surface area contributed by atoms with Crippen LogP contribution in [-0.4, -0.2) is 29.9 Å². The molecule has 0 atom stereocenters. The van der Waals surface area contributed by atoms with Crippen LogP contribution in [0.3, 0.4) is 0 Å². The van der Waals surface area contributed by atoms with Crippen molar-refractivity contribution in [1.82, 2.24) is 4.98 Å². The molecular weight excluding hydrogens is 441 g/mol. The summed E-state index contributed by atoms with van der Waals surface area (Å²) in [6.45, 7) is 11.9. The van der Waals surface area contributed by atoms with Crippen LogP contribution in [0, 0.1) is 0 Å². The molecule has 2 aromatic rings. The van der Waals surface area contributed by atoms with Crippen LogP contribution in [0.25, 0.3) is 11.1 Å². The quantitative estimate of drug-likeness (QED) is 0.258. The van der Waals surface area contributed by atoms with E-state index in [1.165, 1.54) is 19.3 Å². The van der Waals surface area contributed by atoms with Gasteiger partial charge in [-0.1, -0.05) is 44.4 Å². The van der Waals surface area contributed by atoms with Crippen LogP contribution in [0.1, 0.15) is 65.9 Å². The summed E-state index contributed by atoms with van der Waals surface area (Å²) in [5, 5.41) is 0. The number of pyridine rings is 1. The van der Waals surface area contributed by atoms with Gasteiger partial charge < -0.3 is 14.0 Å². The Morgan fingerprint density at radius 2 is 1.70 bits per heavy atom. The summed E-state index contributed by atoms with van der Waals surface area (Å²) < 4.78 is 19.4. The minimum Gasteiger partial charge on any atom is -0.399 e. The largest absolute Gasteiger partial charge is 0.494 e. The van der Waals surface area contributed by atoms with Crippen molar-refractivity contribution in [2.24, 2.45) is 0 Å². The van der Waals surface area contributed by atoms with Crippen molar-refractivity contribution >= 4 is 28.5 Å². The van der Waals surface area contributed by atoms with Gasteiger partial charge >= 0.3 is 7.12 Å². The molecule has 1 aliphatic heterocycles. The highest BCUT2D eigenvalue weighted by Crippen LogP contribution is 2.36. The second-order valence-corrected chi connectivity index (χ2v) is 9.85. The molecular formula is C24H33BBrNO3. The maximum atomic E-state index is 6.30. The molecule has 0 saturated carbocycles. The molecule has 0 aliphatic carbocycles. The minimum atomic E-state index is -0.401. The third-order valence-electron chi connectivity index (χ3n) is 6.01. The molecule has 6 heteroatoms. The summed E-state index contributed by atoms with van der Waals surface area (Å²) in [4.78, 5) is 4.39. The van der Waals surface area contributed by atoms with Crippen LogP contribution in [0.2, 0.25) is 0 Å². The van der Waals surface area contributed by atoms with E-state index in [0.717, 1.165) is 39.8 Å². The highest BCUT2D eigenvalue weighted by Gasteiger charge is 2.51. The molecule has 4 nitrogen and oxygen atoms in total. The Balaban J connectivity index is 1.82. The van der Waals surface area contributed by atoms with Crippen LogP contribution in [0.5, 0.6) is 0 Å². The molecule has 0 N–H and O–H groups in total. The molecule has 1 saturated heterocycles. The molecule has 1 fully saturated rings. The average molecular weight is 474 g/mol. The first-order chi connectivity index (χ1) is 14.2. The lowest BCUT2D eigenvalue weighted by Gasteiger charge is -2.32. The number of hydrogen-bond acceptors (Lipinski definition) is 4. The van der Waals surface area contributed by atoms with E-state index in [-0.39, 0.29) is 11.2 Å². The van der Waals surface area contributed by atoms with Gasteiger partial charge in [0.2, 0.25) is 0 Å². The number of ether oxygens (including phenoxy) is 1. The number of halogens is 1. The van der Waals surface area contributed by atoms with Gasteiger partial charge in [0.05, 0.1) is 17.8 Å². The molecule has 3 rings (SSSR count). The Bertz CT molecular complexity index is 823. The Labute approximate surface area is 190 Å². The normalized spacial score (nSPS) is 17.5. The Morgan fingerprint density at radius 3 is 2.33 bits per heavy atom. The molecule has 0 amide bonds. The molecule has 162 valence electrons. The summed E-state index contributed by atoms with van der Waals surface area (Å²) in [5.74, 6) is 0. The zero-order chi connectivity index (χ0) is 21.8. The third kappa shape index (κ3) is 5.73. The number of aromatic nitrogens is 1. The molecule has 2 heterocycles. The Kier molecular flexibility index (Phi) is 7.78. The van der Waals surface area contributed by atoms with E-state index in [1.54, 1.807) is 0 Å². The van der Waals surface area contributed by atoms with Crippen molar-refractivity contribution in [2.45, 2.75) is 78.1 Å². The number of unbranched alkanes of at least 4 members (excludes halogenated alkanes) is 3. The van der Waals surface area contributed by atoms with Crippen LogP contribution in [-0.2, 0) is 20.7 Å². The molecule has 30 heavy (non-hydrogen) atoms. The SMILES string of the molecule is CCCCCCOCc1cc(B2OC(C)(C)C(C)(C)O2)cc(-c2ccc(Br)nc2)c1. The lowest BCUT2D eigenvalue weighted by molar-refractivity contribution is 0.00578. The Morgan fingerprint density at radius 1 is 0.967 bits per heavy atom. The first-order valence-corrected chi connectivity index (χ1v) is 11.7. The molecule has 0 radical (unpaired) electrons. The summed E-state index contributed by atoms with van der Waals surface area (Å²) in [5.41, 5.74) is 3.53. The first kappa shape index (κ1) is 23.5. The molecule has 0 unspecified atom stereocenters. The fraction of sp³-hybridized carbons (Fsp3) is 0.542. The van der Waals surface area contributed by atoms with E-state index in [1.807, 2.05) is 12.3 Å². The first-order valence-electron chi connectivity index (χ1n) is 10.9. The van der Waals surface area contributed by atoms with Crippen molar-refractivity contribution < 1.29 is 14.0 Å². The van der Waals surface area contributed by atoms with Gasteiger partial charge in [0.15, 0.2) is 0 Å². The van der Waals surface area contributed by atoms with Gasteiger partial charge in [0, 0.05) is 18.4 Å². The zero-order valence-corrected chi connectivity index (χ0v) is 20.4. The predicted octanol–water partition coefficient (Wildman–Crippen LogP) is 5.91. The number of nitrogens with zero attached hydrogens (tertiary/aromatic N) is 1. The van der Waals surface area contributed by atoms with E-state index >= 15 is 0 Å². The van der Waals surface area contributed by atoms with Gasteiger partial charge in [-0.05, 0) is 78.8 Å². The summed E-state index contributed by atoms with van der Waals surface area (Å²) in [6.07, 6.45) is 6.71. The topological polar surface area (TPSA) is 40.6 Å². The van der Waals surface area contributed by atoms with E-state index in [9.17, 15) is 0 Å². The van der Waals surface area contributed by atoms with Crippen LogP contribution < -0.4 is 5.46 Å². The molecule has 1 aromatic heterocycles. The molecule has 0 bridgehead atoms. The van der Waals surface area contributed by atoms with Gasteiger partial charge in [-0.3, -0.25) is 0 Å². The van der Waals surface area contributed by atoms with E-state index in [0.29, 0.717) is 6.61 Å². The second-order valence-electron chi connectivity index (χ2n) is 9.03. The van der Waals surface area contributed by atoms with Crippen molar-refractivity contribution in [3.63, 3.8) is 0 Å². The lowest BCUT2D eigenvalue weighted by atomic mass is 9.77. The lowest BCUT2D eigenvalue weighted by Crippen LogP contribution is -2.41. The summed E-state index contributed by atoms with van der Waals surface area (Å²) >= 11 is 3.41. The molecule has 1 aromatic carbocycles. The standard InChI is InChI=1S/C24H33BBrNO3/c1-6-7-8-9-12-28-17-18-13-20(19-10-11-22(26)27-16-19)15-21(14-18)25-29-23(2,3)24(4,5)30-25/h10-11,13-16H,6-9,12,17H2,1-5H3. The third-order valence-corrected chi connectivity index (χ3v) is 6.48. The molecule has 0 spiro atoms. The highest BCUT2D eigenvalue weighted by molar-refractivity contribution is 9.10. The number of rotatable bonds is 9. The maximum absolute atomic E-state index is 6.30. The van der Waals surface area contributed by atoms with Crippen molar-refractivity contribution in [2.75, 3.05) is 6.61 Å². The molecule has 1 aliphatic rings. The van der Waals surface area contributed by atoms with Crippen molar-refractivity contribution in [3.8, 4) is 11.1 Å². The Hall–Kier alpha value is -1.21. The van der Waals surface area contributed by atoms with Crippen LogP contribution in [0.4, 0.5) is 0 Å². The monoisotopic (exact) mass is 473 g/mol. The van der Waals surface area contributed by atoms with Crippen LogP contribution >= 0.6 is 15.9 Å². The zero-order valence-electron chi connectivity index (χ0n) is 18.8. The smallest absolute Gasteiger partial charge is 0.399 e. The van der Waals surface area contributed by atoms with Crippen molar-refractivity contribution in [1.29, 1.82) is 0 Å². The van der Waals surface area contributed by atoms with E-state index in [4.69, 9.17) is 14.0 Å². The van der Waals surface area contributed by atoms with E-state index in [2.05, 4.69) is 79.8 Å². The minimum absolute atomic E-state index is 0.372. The fourth-order valence-electron chi connectivity index (χ4n) is 3.45. The van der Waals surface area contributed by atoms with Gasteiger partial charge in [0.1, 0.15) is 4.60 Å². The number of hydrogen-bond donors (Lipinski definition) is 0. The highest BCUT2D eigenvalue weighted by atomic mass is 79.9. The van der Waals surface area contributed by atoms with Gasteiger partial charge in [-0.2, -0.15) is 0 Å².